The summed E-state index contributed by atoms with van der Waals surface area (Å²) in [4.78, 5) is 5.00. The molecule has 0 spiro atoms. The molecule has 0 saturated carbocycles. The van der Waals surface area contributed by atoms with Crippen molar-refractivity contribution >= 4 is 21.4 Å². The van der Waals surface area contributed by atoms with Crippen LogP contribution < -0.4 is 9.62 Å². The summed E-state index contributed by atoms with van der Waals surface area (Å²) in [5.41, 5.74) is 3.26. The van der Waals surface area contributed by atoms with E-state index in [0.29, 0.717) is 10.6 Å². The number of aryl methyl sites for hydroxylation is 2. The maximum atomic E-state index is 13.0. The largest absolute Gasteiger partial charge is 0.367 e. The van der Waals surface area contributed by atoms with Crippen molar-refractivity contribution < 1.29 is 8.42 Å². The normalized spacial score (nSPS) is 15.9. The number of rotatable bonds is 5. The molecule has 0 bridgehead atoms. The zero-order valence-corrected chi connectivity index (χ0v) is 16.5. The average Bonchev–Trinajstić information content (AvgIpc) is 2.64. The molecule has 1 saturated heterocycles. The first-order valence-corrected chi connectivity index (χ1v) is 10.6. The molecule has 0 amide bonds. The molecule has 0 aliphatic carbocycles. The molecule has 1 heterocycles. The van der Waals surface area contributed by atoms with Crippen LogP contribution in [0.5, 0.6) is 0 Å². The van der Waals surface area contributed by atoms with E-state index in [2.05, 4.69) is 21.4 Å². The van der Waals surface area contributed by atoms with Gasteiger partial charge in [-0.05, 0) is 49.7 Å². The molecule has 6 heteroatoms. The lowest BCUT2D eigenvalue weighted by atomic mass is 10.2. The van der Waals surface area contributed by atoms with Crippen molar-refractivity contribution in [1.82, 2.24) is 4.90 Å². The molecule has 1 N–H and O–H groups in total. The zero-order chi connectivity index (χ0) is 18.7. The molecule has 1 fully saturated rings. The Morgan fingerprint density at radius 3 is 2.38 bits per heavy atom. The molecule has 0 atom stereocenters. The van der Waals surface area contributed by atoms with Crippen LogP contribution in [-0.2, 0) is 10.0 Å². The van der Waals surface area contributed by atoms with E-state index < -0.39 is 10.0 Å². The number of nitrogens with one attached hydrogen (secondary N) is 1. The predicted octanol–water partition coefficient (Wildman–Crippen LogP) is 3.25. The van der Waals surface area contributed by atoms with E-state index in [1.165, 1.54) is 0 Å². The third kappa shape index (κ3) is 4.02. The zero-order valence-electron chi connectivity index (χ0n) is 15.7. The Morgan fingerprint density at radius 1 is 1.00 bits per heavy atom. The summed E-state index contributed by atoms with van der Waals surface area (Å²) in [5, 5.41) is 0. The number of nitrogens with zero attached hydrogens (tertiary/aromatic N) is 2. The highest BCUT2D eigenvalue weighted by atomic mass is 32.2. The minimum atomic E-state index is -3.63. The van der Waals surface area contributed by atoms with E-state index in [-0.39, 0.29) is 0 Å². The lowest BCUT2D eigenvalue weighted by Gasteiger charge is -2.36. The first-order valence-electron chi connectivity index (χ1n) is 9.07. The fourth-order valence-corrected chi connectivity index (χ4v) is 4.74. The van der Waals surface area contributed by atoms with Gasteiger partial charge in [0.15, 0.2) is 0 Å². The smallest absolute Gasteiger partial charge is 0.262 e. The van der Waals surface area contributed by atoms with Crippen molar-refractivity contribution in [3.63, 3.8) is 0 Å². The Labute approximate surface area is 156 Å². The second-order valence-corrected chi connectivity index (χ2v) is 8.46. The van der Waals surface area contributed by atoms with Gasteiger partial charge >= 0.3 is 0 Å². The molecule has 2 aromatic rings. The molecular formula is C20H27N3O2S. The van der Waals surface area contributed by atoms with Gasteiger partial charge in [0.25, 0.3) is 10.0 Å². The van der Waals surface area contributed by atoms with E-state index >= 15 is 0 Å². The molecule has 26 heavy (non-hydrogen) atoms. The molecule has 5 nitrogen and oxygen atoms in total. The SMILES string of the molecule is CCN1CCN(c2ccccc2NS(=O)(=O)c2cc(C)ccc2C)CC1. The van der Waals surface area contributed by atoms with Gasteiger partial charge in [0, 0.05) is 26.2 Å². The number of para-hydroxylation sites is 2. The molecule has 140 valence electrons. The Balaban J connectivity index is 1.88. The van der Waals surface area contributed by atoms with Crippen LogP contribution in [0.25, 0.3) is 0 Å². The lowest BCUT2D eigenvalue weighted by molar-refractivity contribution is 0.271. The van der Waals surface area contributed by atoms with Crippen LogP contribution in [0.4, 0.5) is 11.4 Å². The van der Waals surface area contributed by atoms with Crippen LogP contribution >= 0.6 is 0 Å². The highest BCUT2D eigenvalue weighted by molar-refractivity contribution is 7.92. The second-order valence-electron chi connectivity index (χ2n) is 6.81. The van der Waals surface area contributed by atoms with Crippen molar-refractivity contribution in [1.29, 1.82) is 0 Å². The molecule has 0 aromatic heterocycles. The van der Waals surface area contributed by atoms with Crippen LogP contribution in [0.15, 0.2) is 47.4 Å². The Bertz CT molecular complexity index is 872. The quantitative estimate of drug-likeness (QED) is 0.874. The van der Waals surface area contributed by atoms with Gasteiger partial charge in [0.05, 0.1) is 16.3 Å². The van der Waals surface area contributed by atoms with E-state index in [9.17, 15) is 8.42 Å². The van der Waals surface area contributed by atoms with E-state index in [0.717, 1.165) is 49.5 Å². The summed E-state index contributed by atoms with van der Waals surface area (Å²) >= 11 is 0. The second kappa shape index (κ2) is 7.68. The minimum Gasteiger partial charge on any atom is -0.367 e. The maximum Gasteiger partial charge on any atom is 0.262 e. The van der Waals surface area contributed by atoms with Gasteiger partial charge in [-0.25, -0.2) is 8.42 Å². The van der Waals surface area contributed by atoms with Crippen molar-refractivity contribution in [2.24, 2.45) is 0 Å². The summed E-state index contributed by atoms with van der Waals surface area (Å²) in [7, 11) is -3.63. The standard InChI is InChI=1S/C20H27N3O2S/c1-4-22-11-13-23(14-12-22)19-8-6-5-7-18(19)21-26(24,25)20-15-16(2)9-10-17(20)3/h5-10,15,21H,4,11-14H2,1-3H3. The van der Waals surface area contributed by atoms with E-state index in [4.69, 9.17) is 0 Å². The van der Waals surface area contributed by atoms with E-state index in [1.807, 2.05) is 50.2 Å². The Kier molecular flexibility index (Phi) is 5.53. The summed E-state index contributed by atoms with van der Waals surface area (Å²) in [6.07, 6.45) is 0. The van der Waals surface area contributed by atoms with Gasteiger partial charge in [-0.3, -0.25) is 4.72 Å². The number of hydrogen-bond acceptors (Lipinski definition) is 4. The van der Waals surface area contributed by atoms with Crippen LogP contribution in [0, 0.1) is 13.8 Å². The topological polar surface area (TPSA) is 52.6 Å². The molecule has 3 rings (SSSR count). The van der Waals surface area contributed by atoms with Crippen molar-refractivity contribution in [3.8, 4) is 0 Å². The maximum absolute atomic E-state index is 13.0. The molecule has 1 aliphatic heterocycles. The first kappa shape index (κ1) is 18.7. The summed E-state index contributed by atoms with van der Waals surface area (Å²) < 4.78 is 28.8. The number of likely N-dealkylation sites (N-methyl/N-ethyl adjacent to an activating group) is 1. The fraction of sp³-hybridized carbons (Fsp3) is 0.400. The van der Waals surface area contributed by atoms with E-state index in [1.54, 1.807) is 6.07 Å². The molecule has 2 aromatic carbocycles. The minimum absolute atomic E-state index is 0.336. The highest BCUT2D eigenvalue weighted by Crippen LogP contribution is 2.29. The van der Waals surface area contributed by atoms with Crippen LogP contribution in [-0.4, -0.2) is 46.0 Å². The monoisotopic (exact) mass is 373 g/mol. The summed E-state index contributed by atoms with van der Waals surface area (Å²) in [6.45, 7) is 10.7. The molecule has 0 radical (unpaired) electrons. The van der Waals surface area contributed by atoms with Gasteiger partial charge in [-0.1, -0.05) is 31.2 Å². The summed E-state index contributed by atoms with van der Waals surface area (Å²) in [5.74, 6) is 0. The van der Waals surface area contributed by atoms with Crippen LogP contribution in [0.2, 0.25) is 0 Å². The Hall–Kier alpha value is -2.05. The van der Waals surface area contributed by atoms with Crippen molar-refractivity contribution in [2.45, 2.75) is 25.7 Å². The van der Waals surface area contributed by atoms with Gasteiger partial charge in [-0.2, -0.15) is 0 Å². The fourth-order valence-electron chi connectivity index (χ4n) is 3.34. The highest BCUT2D eigenvalue weighted by Gasteiger charge is 2.22. The van der Waals surface area contributed by atoms with Gasteiger partial charge < -0.3 is 9.80 Å². The Morgan fingerprint density at radius 2 is 1.69 bits per heavy atom. The first-order chi connectivity index (χ1) is 12.4. The lowest BCUT2D eigenvalue weighted by Crippen LogP contribution is -2.46. The van der Waals surface area contributed by atoms with Gasteiger partial charge in [0.1, 0.15) is 0 Å². The molecular weight excluding hydrogens is 346 g/mol. The van der Waals surface area contributed by atoms with Crippen LogP contribution in [0.1, 0.15) is 18.1 Å². The number of piperazine rings is 1. The molecule has 1 aliphatic rings. The van der Waals surface area contributed by atoms with Crippen LogP contribution in [0.3, 0.4) is 0 Å². The third-order valence-electron chi connectivity index (χ3n) is 4.94. The van der Waals surface area contributed by atoms with Crippen molar-refractivity contribution in [2.75, 3.05) is 42.3 Å². The van der Waals surface area contributed by atoms with Gasteiger partial charge in [0.2, 0.25) is 0 Å². The number of sulfonamides is 1. The molecule has 0 unspecified atom stereocenters. The number of anilines is 2. The third-order valence-corrected chi connectivity index (χ3v) is 6.45. The number of hydrogen-bond donors (Lipinski definition) is 1. The average molecular weight is 374 g/mol. The number of benzene rings is 2. The van der Waals surface area contributed by atoms with Gasteiger partial charge in [-0.15, -0.1) is 0 Å². The predicted molar refractivity (Wildman–Crippen MR) is 107 cm³/mol. The van der Waals surface area contributed by atoms with Crippen molar-refractivity contribution in [3.05, 3.63) is 53.6 Å². The summed E-state index contributed by atoms with van der Waals surface area (Å²) in [6, 6.07) is 13.1.